The van der Waals surface area contributed by atoms with Crippen molar-refractivity contribution in [2.75, 3.05) is 24.7 Å². The molecule has 1 aliphatic carbocycles. The van der Waals surface area contributed by atoms with E-state index in [9.17, 15) is 28.8 Å². The first-order chi connectivity index (χ1) is 21.3. The summed E-state index contributed by atoms with van der Waals surface area (Å²) in [6.45, 7) is -1.51. The largest absolute Gasteiger partial charge is 0.472 e. The molecule has 0 bridgehead atoms. The van der Waals surface area contributed by atoms with Gasteiger partial charge >= 0.3 is 15.6 Å². The molecule has 0 radical (unpaired) electrons. The van der Waals surface area contributed by atoms with E-state index in [0.717, 1.165) is 10.9 Å². The van der Waals surface area contributed by atoms with Crippen LogP contribution in [0.5, 0.6) is 0 Å². The summed E-state index contributed by atoms with van der Waals surface area (Å²) in [4.78, 5) is 55.7. The van der Waals surface area contributed by atoms with Crippen LogP contribution < -0.4 is 17.0 Å². The quantitative estimate of drug-likeness (QED) is 0.143. The van der Waals surface area contributed by atoms with Crippen molar-refractivity contribution in [3.63, 3.8) is 0 Å². The van der Waals surface area contributed by atoms with Crippen LogP contribution >= 0.6 is 15.6 Å². The Morgan fingerprint density at radius 3 is 2.42 bits per heavy atom. The van der Waals surface area contributed by atoms with E-state index in [1.807, 2.05) is 0 Å². The SMILES string of the molecule is Nc1nc2c(ncn2[C@@H]2C[C@@H]3COP(=O)(O)O[C@@H]4[C@H](F)[C@H](n5cnc6c(N)ncnc65)O[C@@H]4COP(=O)(O)OC3[C@@H]2O)c(=O)[nH]1. The zero-order valence-electron chi connectivity index (χ0n) is 22.6. The van der Waals surface area contributed by atoms with Gasteiger partial charge in [-0.25, -0.2) is 33.5 Å². The van der Waals surface area contributed by atoms with Gasteiger partial charge < -0.3 is 35.7 Å². The van der Waals surface area contributed by atoms with Crippen molar-refractivity contribution in [2.24, 2.45) is 5.92 Å². The normalized spacial score (nSPS) is 37.7. The van der Waals surface area contributed by atoms with Crippen molar-refractivity contribution in [1.29, 1.82) is 0 Å². The third-order valence-electron chi connectivity index (χ3n) is 7.84. The number of nitrogens with one attached hydrogen (secondary N) is 1. The minimum Gasteiger partial charge on any atom is -0.388 e. The molecule has 3 unspecified atom stereocenters. The number of rotatable bonds is 2. The minimum atomic E-state index is -5.05. The molecule has 4 aromatic rings. The number of phosphoric acid groups is 2. The molecule has 0 amide bonds. The van der Waals surface area contributed by atoms with Gasteiger partial charge in [-0.3, -0.25) is 32.4 Å². The van der Waals surface area contributed by atoms with E-state index in [0.29, 0.717) is 0 Å². The van der Waals surface area contributed by atoms with E-state index in [1.165, 1.54) is 17.2 Å². The van der Waals surface area contributed by atoms with Gasteiger partial charge in [-0.15, -0.1) is 0 Å². The van der Waals surface area contributed by atoms with Crippen molar-refractivity contribution in [3.8, 4) is 0 Å². The van der Waals surface area contributed by atoms with Crippen LogP contribution in [-0.4, -0.2) is 97.7 Å². The number of nitrogen functional groups attached to an aromatic ring is 2. The van der Waals surface area contributed by atoms with E-state index in [1.54, 1.807) is 0 Å². The first-order valence-corrected chi connectivity index (χ1v) is 16.3. The number of aromatic nitrogens is 8. The highest BCUT2D eigenvalue weighted by Crippen LogP contribution is 2.55. The van der Waals surface area contributed by atoms with Gasteiger partial charge in [0, 0.05) is 5.92 Å². The highest BCUT2D eigenvalue weighted by Gasteiger charge is 2.54. The molecule has 3 fully saturated rings. The smallest absolute Gasteiger partial charge is 0.388 e. The molecule has 8 N–H and O–H groups in total. The average molecular weight is 674 g/mol. The molecule has 6 heterocycles. The van der Waals surface area contributed by atoms with Crippen molar-refractivity contribution in [2.45, 2.75) is 49.3 Å². The molecule has 2 aliphatic heterocycles. The van der Waals surface area contributed by atoms with Crippen LogP contribution in [-0.2, 0) is 32.0 Å². The van der Waals surface area contributed by atoms with Crippen LogP contribution in [0.25, 0.3) is 22.3 Å². The maximum atomic E-state index is 15.9. The maximum Gasteiger partial charge on any atom is 0.472 e. The highest BCUT2D eigenvalue weighted by atomic mass is 31.2. The molecule has 0 aromatic carbocycles. The van der Waals surface area contributed by atoms with Crippen molar-refractivity contribution in [1.82, 2.24) is 39.0 Å². The van der Waals surface area contributed by atoms with Gasteiger partial charge in [-0.1, -0.05) is 0 Å². The summed E-state index contributed by atoms with van der Waals surface area (Å²) in [5.41, 5.74) is 11.0. The Kier molecular flexibility index (Phi) is 7.28. The van der Waals surface area contributed by atoms with Crippen molar-refractivity contribution < 1.29 is 51.2 Å². The molecule has 2 saturated heterocycles. The second-order valence-electron chi connectivity index (χ2n) is 10.6. The number of imidazole rings is 2. The van der Waals surface area contributed by atoms with E-state index in [2.05, 4.69) is 29.9 Å². The van der Waals surface area contributed by atoms with Crippen molar-refractivity contribution in [3.05, 3.63) is 29.3 Å². The Morgan fingerprint density at radius 1 is 0.956 bits per heavy atom. The average Bonchev–Trinajstić information content (AvgIpc) is 3.72. The summed E-state index contributed by atoms with van der Waals surface area (Å²) in [6, 6.07) is -0.979. The Hall–Kier alpha value is -3.43. The fraction of sp³-hybridized carbons (Fsp3) is 0.524. The summed E-state index contributed by atoms with van der Waals surface area (Å²) < 4.78 is 71.1. The Balaban J connectivity index is 1.17. The topological polar surface area (TPSA) is 300 Å². The second kappa shape index (κ2) is 10.8. The predicted octanol–water partition coefficient (Wildman–Crippen LogP) is -0.701. The Bertz CT molecular complexity index is 1940. The summed E-state index contributed by atoms with van der Waals surface area (Å²) in [5, 5.41) is 11.2. The van der Waals surface area contributed by atoms with Crippen LogP contribution in [0.2, 0.25) is 0 Å². The number of alkyl halides is 1. The molecule has 4 aromatic heterocycles. The third kappa shape index (κ3) is 5.31. The molecule has 3 aliphatic rings. The lowest BCUT2D eigenvalue weighted by molar-refractivity contribution is -0.0592. The first kappa shape index (κ1) is 30.2. The Morgan fingerprint density at radius 2 is 1.64 bits per heavy atom. The molecular formula is C21H25FN10O11P2. The standard InChI is InChI=1S/C21H25FN10O11P2/c22-10-15-9(41-20(10)32-6-27-11-16(23)25-4-26-17(11)32)3-40-45(37,38)42-14-7(2-39-44(35,36)43-15)1-8(13(14)33)31-5-28-12-18(31)29-21(24)30-19(12)34/h4-10,13-15,20,33H,1-3H2,(H,35,36)(H,37,38)(H2,23,25,26)(H3,24,29,30,34)/t7-,8-,9-,10+,13-,14?,15+,20-/m1/s1. The van der Waals surface area contributed by atoms with Gasteiger partial charge in [0.25, 0.3) is 5.56 Å². The molecule has 10 atom stereocenters. The number of aliphatic hydroxyl groups is 1. The number of nitrogens with two attached hydrogens (primary N) is 2. The van der Waals surface area contributed by atoms with E-state index in [-0.39, 0.29) is 40.5 Å². The van der Waals surface area contributed by atoms with E-state index < -0.39 is 83.2 Å². The first-order valence-electron chi connectivity index (χ1n) is 13.3. The number of aliphatic hydroxyl groups excluding tert-OH is 1. The van der Waals surface area contributed by atoms with Crippen LogP contribution in [0, 0.1) is 5.92 Å². The molecule has 21 nitrogen and oxygen atoms in total. The lowest BCUT2D eigenvalue weighted by atomic mass is 10.1. The Labute approximate surface area is 249 Å². The van der Waals surface area contributed by atoms with Crippen molar-refractivity contribution >= 4 is 49.7 Å². The fourth-order valence-corrected chi connectivity index (χ4v) is 7.82. The van der Waals surface area contributed by atoms with Crippen LogP contribution in [0.1, 0.15) is 18.7 Å². The van der Waals surface area contributed by atoms with Gasteiger partial charge in [0.1, 0.15) is 36.3 Å². The van der Waals surface area contributed by atoms with Gasteiger partial charge in [-0.05, 0) is 6.42 Å². The summed E-state index contributed by atoms with van der Waals surface area (Å²) in [5.74, 6) is -1.24. The molecule has 7 rings (SSSR count). The third-order valence-corrected chi connectivity index (χ3v) is 9.81. The fourth-order valence-electron chi connectivity index (χ4n) is 5.82. The van der Waals surface area contributed by atoms with Crippen LogP contribution in [0.15, 0.2) is 23.8 Å². The number of halogens is 1. The number of nitrogens with zero attached hydrogens (tertiary/aromatic N) is 7. The number of aromatic amines is 1. The van der Waals surface area contributed by atoms with Gasteiger partial charge in [0.05, 0.1) is 31.9 Å². The molecule has 45 heavy (non-hydrogen) atoms. The number of ether oxygens (including phenoxy) is 1. The molecular weight excluding hydrogens is 649 g/mol. The second-order valence-corrected chi connectivity index (χ2v) is 13.4. The minimum absolute atomic E-state index is 0.00599. The number of hydrogen-bond donors (Lipinski definition) is 6. The number of hydrogen-bond acceptors (Lipinski definition) is 16. The summed E-state index contributed by atoms with van der Waals surface area (Å²) in [6.07, 6.45) is -6.76. The molecule has 242 valence electrons. The lowest BCUT2D eigenvalue weighted by Crippen LogP contribution is -2.36. The van der Waals surface area contributed by atoms with Gasteiger partial charge in [0.15, 0.2) is 35.0 Å². The lowest BCUT2D eigenvalue weighted by Gasteiger charge is -2.28. The highest BCUT2D eigenvalue weighted by molar-refractivity contribution is 7.47. The number of anilines is 2. The molecule has 1 saturated carbocycles. The maximum absolute atomic E-state index is 15.9. The summed E-state index contributed by atoms with van der Waals surface area (Å²) >= 11 is 0. The van der Waals surface area contributed by atoms with E-state index in [4.69, 9.17) is 34.3 Å². The molecule has 24 heteroatoms. The predicted molar refractivity (Wildman–Crippen MR) is 146 cm³/mol. The zero-order chi connectivity index (χ0) is 31.8. The van der Waals surface area contributed by atoms with Gasteiger partial charge in [0.2, 0.25) is 5.95 Å². The molecule has 0 spiro atoms. The number of H-pyrrole nitrogens is 1. The number of fused-ring (bicyclic) bond motifs is 4. The van der Waals surface area contributed by atoms with Crippen LogP contribution in [0.3, 0.4) is 0 Å². The van der Waals surface area contributed by atoms with E-state index >= 15 is 4.39 Å². The van der Waals surface area contributed by atoms with Crippen LogP contribution in [0.4, 0.5) is 16.2 Å². The van der Waals surface area contributed by atoms with Gasteiger partial charge in [-0.2, -0.15) is 4.98 Å². The monoisotopic (exact) mass is 674 g/mol. The number of phosphoric ester groups is 2. The summed E-state index contributed by atoms with van der Waals surface area (Å²) in [7, 11) is -10.1. The zero-order valence-corrected chi connectivity index (χ0v) is 24.4.